The molecular formula is C22H26N4O2. The molecule has 2 aliphatic heterocycles. The molecule has 146 valence electrons. The summed E-state index contributed by atoms with van der Waals surface area (Å²) >= 11 is 0. The molecule has 0 unspecified atom stereocenters. The van der Waals surface area contributed by atoms with Gasteiger partial charge in [0.25, 0.3) is 5.91 Å². The van der Waals surface area contributed by atoms with Gasteiger partial charge in [0.1, 0.15) is 0 Å². The van der Waals surface area contributed by atoms with Crippen molar-refractivity contribution in [2.24, 2.45) is 5.92 Å². The highest BCUT2D eigenvalue weighted by Crippen LogP contribution is 2.34. The fraction of sp³-hybridized carbons (Fsp3) is 0.409. The molecule has 0 atom stereocenters. The van der Waals surface area contributed by atoms with Gasteiger partial charge in [-0.05, 0) is 56.1 Å². The molecule has 1 saturated heterocycles. The van der Waals surface area contributed by atoms with Gasteiger partial charge in [-0.3, -0.25) is 14.5 Å². The fourth-order valence-electron chi connectivity index (χ4n) is 4.16. The van der Waals surface area contributed by atoms with Crippen LogP contribution in [0, 0.1) is 5.92 Å². The van der Waals surface area contributed by atoms with E-state index in [4.69, 9.17) is 0 Å². The van der Waals surface area contributed by atoms with Crippen molar-refractivity contribution in [2.75, 3.05) is 29.9 Å². The van der Waals surface area contributed by atoms with Crippen molar-refractivity contribution in [2.45, 2.75) is 32.6 Å². The van der Waals surface area contributed by atoms with Crippen LogP contribution in [0.25, 0.3) is 0 Å². The molecule has 4 rings (SSSR count). The summed E-state index contributed by atoms with van der Waals surface area (Å²) in [6.45, 7) is 4.29. The molecule has 6 heteroatoms. The molecule has 0 aliphatic carbocycles. The molecule has 0 radical (unpaired) electrons. The molecule has 6 nitrogen and oxygen atoms in total. The zero-order chi connectivity index (χ0) is 19.5. The summed E-state index contributed by atoms with van der Waals surface area (Å²) < 4.78 is 0. The van der Waals surface area contributed by atoms with Gasteiger partial charge in [-0.1, -0.05) is 31.9 Å². The number of hydrogen-bond donors (Lipinski definition) is 1. The zero-order valence-corrected chi connectivity index (χ0v) is 16.2. The van der Waals surface area contributed by atoms with Crippen LogP contribution in [0.3, 0.4) is 0 Å². The van der Waals surface area contributed by atoms with Crippen LogP contribution >= 0.6 is 0 Å². The third-order valence-electron chi connectivity index (χ3n) is 5.65. The summed E-state index contributed by atoms with van der Waals surface area (Å²) in [7, 11) is 0. The summed E-state index contributed by atoms with van der Waals surface area (Å²) in [6, 6.07) is 10.8. The van der Waals surface area contributed by atoms with Crippen molar-refractivity contribution in [3.63, 3.8) is 0 Å². The molecule has 1 N–H and O–H groups in total. The minimum Gasteiger partial charge on any atom is -0.338 e. The van der Waals surface area contributed by atoms with E-state index < -0.39 is 0 Å². The summed E-state index contributed by atoms with van der Waals surface area (Å²) in [4.78, 5) is 34.3. The molecule has 0 bridgehead atoms. The van der Waals surface area contributed by atoms with Gasteiger partial charge in [0.05, 0.1) is 23.5 Å². The second-order valence-corrected chi connectivity index (χ2v) is 7.58. The Labute approximate surface area is 165 Å². The van der Waals surface area contributed by atoms with Crippen molar-refractivity contribution >= 4 is 29.0 Å². The number of nitrogens with zero attached hydrogens (tertiary/aromatic N) is 3. The number of piperidine rings is 1. The van der Waals surface area contributed by atoms with Crippen molar-refractivity contribution < 1.29 is 9.59 Å². The van der Waals surface area contributed by atoms with Gasteiger partial charge < -0.3 is 5.32 Å². The molecule has 1 aromatic carbocycles. The number of pyridine rings is 1. The van der Waals surface area contributed by atoms with Crippen molar-refractivity contribution in [1.29, 1.82) is 0 Å². The molecule has 0 saturated carbocycles. The average Bonchev–Trinajstić information content (AvgIpc) is 2.83. The number of nitrogens with one attached hydrogen (secondary N) is 1. The average molecular weight is 378 g/mol. The number of carbonyl (C=O) groups excluding carboxylic acids is 2. The lowest BCUT2D eigenvalue weighted by molar-refractivity contribution is -0.119. The van der Waals surface area contributed by atoms with E-state index >= 15 is 0 Å². The summed E-state index contributed by atoms with van der Waals surface area (Å²) in [5.74, 6) is 0.778. The molecule has 1 fully saturated rings. The van der Waals surface area contributed by atoms with E-state index in [0.717, 1.165) is 31.8 Å². The lowest BCUT2D eigenvalue weighted by Crippen LogP contribution is -2.45. The van der Waals surface area contributed by atoms with Crippen LogP contribution in [0.4, 0.5) is 17.2 Å². The first kappa shape index (κ1) is 18.6. The van der Waals surface area contributed by atoms with Crippen molar-refractivity contribution in [3.8, 4) is 0 Å². The summed E-state index contributed by atoms with van der Waals surface area (Å²) in [5.41, 5.74) is 1.66. The lowest BCUT2D eigenvalue weighted by Gasteiger charge is -2.32. The minimum atomic E-state index is -0.305. The SMILES string of the molecule is CCCC1CCN(CC(=O)N2C(=O)c3ccccc3Nc3ncccc32)CC1. The Bertz CT molecular complexity index is 874. The monoisotopic (exact) mass is 378 g/mol. The maximum atomic E-state index is 13.2. The van der Waals surface area contributed by atoms with Crippen LogP contribution in [0.15, 0.2) is 42.6 Å². The fourth-order valence-corrected chi connectivity index (χ4v) is 4.16. The Morgan fingerprint density at radius 3 is 2.75 bits per heavy atom. The molecule has 28 heavy (non-hydrogen) atoms. The largest absolute Gasteiger partial charge is 0.338 e. The number of carbonyl (C=O) groups is 2. The third-order valence-corrected chi connectivity index (χ3v) is 5.65. The van der Waals surface area contributed by atoms with E-state index in [0.29, 0.717) is 22.8 Å². The van der Waals surface area contributed by atoms with Crippen LogP contribution < -0.4 is 10.2 Å². The number of anilines is 3. The third kappa shape index (κ3) is 3.64. The summed E-state index contributed by atoms with van der Waals surface area (Å²) in [6.07, 6.45) is 6.37. The Hall–Kier alpha value is -2.73. The first-order valence-electron chi connectivity index (χ1n) is 10.1. The van der Waals surface area contributed by atoms with E-state index in [1.165, 1.54) is 17.7 Å². The van der Waals surface area contributed by atoms with Crippen LogP contribution in [0.5, 0.6) is 0 Å². The Balaban J connectivity index is 1.57. The highest BCUT2D eigenvalue weighted by Gasteiger charge is 2.33. The van der Waals surface area contributed by atoms with E-state index in [2.05, 4.69) is 22.1 Å². The van der Waals surface area contributed by atoms with Gasteiger partial charge in [0, 0.05) is 6.20 Å². The highest BCUT2D eigenvalue weighted by molar-refractivity contribution is 6.25. The van der Waals surface area contributed by atoms with Gasteiger partial charge in [-0.2, -0.15) is 0 Å². The van der Waals surface area contributed by atoms with Gasteiger partial charge in [-0.15, -0.1) is 0 Å². The first-order chi connectivity index (χ1) is 13.7. The standard InChI is InChI=1S/C22H26N4O2/c1-2-6-16-10-13-25(14-11-16)15-20(27)26-19-9-5-12-23-21(19)24-18-8-4-3-7-17(18)22(26)28/h3-5,7-9,12,16H,2,6,10-11,13-15H2,1H3,(H,23,24). The minimum absolute atomic E-state index is 0.202. The molecule has 3 heterocycles. The first-order valence-corrected chi connectivity index (χ1v) is 10.1. The molecule has 1 aromatic heterocycles. The number of rotatable bonds is 4. The number of hydrogen-bond acceptors (Lipinski definition) is 5. The van der Waals surface area contributed by atoms with Crippen molar-refractivity contribution in [3.05, 3.63) is 48.2 Å². The highest BCUT2D eigenvalue weighted by atomic mass is 16.2. The van der Waals surface area contributed by atoms with Crippen LogP contribution in [0.2, 0.25) is 0 Å². The van der Waals surface area contributed by atoms with Crippen LogP contribution in [-0.4, -0.2) is 41.3 Å². The number of likely N-dealkylation sites (tertiary alicyclic amines) is 1. The van der Waals surface area contributed by atoms with Gasteiger partial charge >= 0.3 is 0 Å². The number of aromatic nitrogens is 1. The van der Waals surface area contributed by atoms with E-state index in [9.17, 15) is 9.59 Å². The van der Waals surface area contributed by atoms with E-state index in [1.807, 2.05) is 18.2 Å². The zero-order valence-electron chi connectivity index (χ0n) is 16.2. The second-order valence-electron chi connectivity index (χ2n) is 7.58. The van der Waals surface area contributed by atoms with Crippen LogP contribution in [-0.2, 0) is 4.79 Å². The number of fused-ring (bicyclic) bond motifs is 2. The summed E-state index contributed by atoms with van der Waals surface area (Å²) in [5, 5.41) is 3.20. The Morgan fingerprint density at radius 1 is 1.18 bits per heavy atom. The number of benzene rings is 1. The maximum absolute atomic E-state index is 13.2. The normalized spacial score (nSPS) is 17.5. The van der Waals surface area contributed by atoms with Crippen LogP contribution in [0.1, 0.15) is 43.0 Å². The Kier molecular flexibility index (Phi) is 5.39. The second kappa shape index (κ2) is 8.10. The maximum Gasteiger partial charge on any atom is 0.267 e. The van der Waals surface area contributed by atoms with Crippen molar-refractivity contribution in [1.82, 2.24) is 9.88 Å². The number of imide groups is 1. The smallest absolute Gasteiger partial charge is 0.267 e. The number of para-hydroxylation sites is 1. The topological polar surface area (TPSA) is 65.5 Å². The molecule has 2 amide bonds. The predicted molar refractivity (Wildman–Crippen MR) is 110 cm³/mol. The number of amides is 2. The molecule has 2 aromatic rings. The van der Waals surface area contributed by atoms with Gasteiger partial charge in [-0.25, -0.2) is 9.88 Å². The lowest BCUT2D eigenvalue weighted by atomic mass is 9.92. The molecular weight excluding hydrogens is 352 g/mol. The molecule has 0 spiro atoms. The predicted octanol–water partition coefficient (Wildman–Crippen LogP) is 3.82. The van der Waals surface area contributed by atoms with E-state index in [-0.39, 0.29) is 18.4 Å². The van der Waals surface area contributed by atoms with E-state index in [1.54, 1.807) is 24.4 Å². The Morgan fingerprint density at radius 2 is 1.96 bits per heavy atom. The van der Waals surface area contributed by atoms with Gasteiger partial charge in [0.15, 0.2) is 5.82 Å². The quantitative estimate of drug-likeness (QED) is 0.876. The van der Waals surface area contributed by atoms with Gasteiger partial charge in [0.2, 0.25) is 5.91 Å². The molecule has 2 aliphatic rings.